The number of ether oxygens (including phenoxy) is 2. The van der Waals surface area contributed by atoms with E-state index in [-0.39, 0.29) is 18.1 Å². The van der Waals surface area contributed by atoms with Gasteiger partial charge in [0, 0.05) is 19.8 Å². The molecule has 122 valence electrons. The normalized spacial score (nSPS) is 24.7. The molecule has 22 heavy (non-hydrogen) atoms. The average Bonchev–Trinajstić information content (AvgIpc) is 3.23. The van der Waals surface area contributed by atoms with Crippen molar-refractivity contribution in [1.82, 2.24) is 9.88 Å². The molecule has 1 aromatic heterocycles. The molecule has 0 spiro atoms. The topological polar surface area (TPSA) is 78.5 Å². The lowest BCUT2D eigenvalue weighted by Crippen LogP contribution is -2.31. The number of nitrogens with zero attached hydrogens (tertiary/aromatic N) is 1. The summed E-state index contributed by atoms with van der Waals surface area (Å²) in [4.78, 5) is 12.8. The van der Waals surface area contributed by atoms with Crippen LogP contribution < -0.4 is 11.1 Å². The van der Waals surface area contributed by atoms with Crippen molar-refractivity contribution < 1.29 is 14.3 Å². The maximum Gasteiger partial charge on any atom is 0.265 e. The van der Waals surface area contributed by atoms with Crippen molar-refractivity contribution in [1.29, 1.82) is 0 Å². The van der Waals surface area contributed by atoms with Crippen LogP contribution in [0.3, 0.4) is 0 Å². The van der Waals surface area contributed by atoms with E-state index in [1.165, 1.54) is 11.3 Å². The minimum Gasteiger partial charge on any atom is -0.384 e. The predicted molar refractivity (Wildman–Crippen MR) is 87.8 cm³/mol. The monoisotopic (exact) mass is 343 g/mol. The van der Waals surface area contributed by atoms with E-state index in [1.807, 2.05) is 4.57 Å². The van der Waals surface area contributed by atoms with Crippen molar-refractivity contribution in [3.8, 4) is 0 Å². The Labute approximate surface area is 138 Å². The number of thiazole rings is 1. The molecular weight excluding hydrogens is 322 g/mol. The van der Waals surface area contributed by atoms with Gasteiger partial charge in [-0.1, -0.05) is 11.3 Å². The first kappa shape index (κ1) is 15.9. The maximum atomic E-state index is 12.3. The van der Waals surface area contributed by atoms with Crippen LogP contribution >= 0.6 is 23.6 Å². The third kappa shape index (κ3) is 3.51. The summed E-state index contributed by atoms with van der Waals surface area (Å²) < 4.78 is 13.6. The first-order valence-electron chi connectivity index (χ1n) is 7.65. The highest BCUT2D eigenvalue weighted by Crippen LogP contribution is 2.25. The van der Waals surface area contributed by atoms with Crippen LogP contribution in [0.15, 0.2) is 0 Å². The van der Waals surface area contributed by atoms with Crippen molar-refractivity contribution in [2.24, 2.45) is 0 Å². The molecule has 0 aromatic carbocycles. The van der Waals surface area contributed by atoms with Gasteiger partial charge in [0.2, 0.25) is 0 Å². The Morgan fingerprint density at radius 1 is 1.32 bits per heavy atom. The standard InChI is InChI=1S/C14H21N3O3S2/c15-12-11(13(18)16-7-9-3-1-5-19-9)22-14(21)17(12)8-10-4-2-6-20-10/h9-10H,1-8,15H2,(H,16,18)/t9-,10-/m0/s1. The van der Waals surface area contributed by atoms with Gasteiger partial charge in [0.15, 0.2) is 3.95 Å². The summed E-state index contributed by atoms with van der Waals surface area (Å²) in [6.45, 7) is 2.71. The number of anilines is 1. The second-order valence-electron chi connectivity index (χ2n) is 5.67. The Morgan fingerprint density at radius 2 is 2.00 bits per heavy atom. The SMILES string of the molecule is Nc1c(C(=O)NC[C@@H]2CCCO2)sc(=S)n1C[C@@H]1CCCO1. The lowest BCUT2D eigenvalue weighted by Gasteiger charge is -2.12. The van der Waals surface area contributed by atoms with Crippen molar-refractivity contribution in [3.05, 3.63) is 8.83 Å². The second kappa shape index (κ2) is 7.08. The predicted octanol–water partition coefficient (Wildman–Crippen LogP) is 1.95. The van der Waals surface area contributed by atoms with Gasteiger partial charge in [0.05, 0.1) is 18.8 Å². The highest BCUT2D eigenvalue weighted by Gasteiger charge is 2.23. The lowest BCUT2D eigenvalue weighted by molar-refractivity contribution is 0.0860. The van der Waals surface area contributed by atoms with Crippen LogP contribution in [0.1, 0.15) is 35.4 Å². The second-order valence-corrected chi connectivity index (χ2v) is 7.32. The van der Waals surface area contributed by atoms with Crippen LogP contribution in [0.5, 0.6) is 0 Å². The zero-order chi connectivity index (χ0) is 15.5. The van der Waals surface area contributed by atoms with Crippen molar-refractivity contribution in [3.63, 3.8) is 0 Å². The quantitative estimate of drug-likeness (QED) is 0.799. The highest BCUT2D eigenvalue weighted by molar-refractivity contribution is 7.73. The number of hydrogen-bond acceptors (Lipinski definition) is 6. The highest BCUT2D eigenvalue weighted by atomic mass is 32.1. The number of nitrogens with one attached hydrogen (secondary N) is 1. The zero-order valence-corrected chi connectivity index (χ0v) is 14.0. The van der Waals surface area contributed by atoms with Crippen molar-refractivity contribution in [2.45, 2.75) is 44.4 Å². The molecule has 1 aromatic rings. The van der Waals surface area contributed by atoms with Crippen molar-refractivity contribution >= 4 is 35.3 Å². The fourth-order valence-corrected chi connectivity index (χ4v) is 4.10. The molecule has 2 fully saturated rings. The lowest BCUT2D eigenvalue weighted by atomic mass is 10.2. The molecule has 8 heteroatoms. The number of hydrogen-bond donors (Lipinski definition) is 2. The van der Waals surface area contributed by atoms with E-state index >= 15 is 0 Å². The van der Waals surface area contributed by atoms with Crippen LogP contribution in [-0.2, 0) is 16.0 Å². The van der Waals surface area contributed by atoms with E-state index in [2.05, 4.69) is 5.32 Å². The van der Waals surface area contributed by atoms with Gasteiger partial charge in [0.1, 0.15) is 10.7 Å². The van der Waals surface area contributed by atoms with Gasteiger partial charge in [-0.3, -0.25) is 4.79 Å². The Balaban J connectivity index is 1.65. The first-order valence-corrected chi connectivity index (χ1v) is 8.88. The van der Waals surface area contributed by atoms with E-state index in [9.17, 15) is 4.79 Å². The molecule has 0 radical (unpaired) electrons. The molecule has 6 nitrogen and oxygen atoms in total. The fourth-order valence-electron chi connectivity index (χ4n) is 2.84. The summed E-state index contributed by atoms with van der Waals surface area (Å²) in [5.74, 6) is 0.269. The van der Waals surface area contributed by atoms with Gasteiger partial charge >= 0.3 is 0 Å². The van der Waals surface area contributed by atoms with Gasteiger partial charge in [-0.25, -0.2) is 0 Å². The summed E-state index contributed by atoms with van der Waals surface area (Å²) >= 11 is 6.61. The van der Waals surface area contributed by atoms with Crippen LogP contribution in [0, 0.1) is 3.95 Å². The molecule has 2 aliphatic heterocycles. The summed E-state index contributed by atoms with van der Waals surface area (Å²) in [6.07, 6.45) is 4.39. The molecule has 2 aliphatic rings. The van der Waals surface area contributed by atoms with E-state index < -0.39 is 0 Å². The Kier molecular flexibility index (Phi) is 5.12. The van der Waals surface area contributed by atoms with Crippen LogP contribution in [0.2, 0.25) is 0 Å². The summed E-state index contributed by atoms with van der Waals surface area (Å²) in [5, 5.41) is 2.89. The number of nitrogens with two attached hydrogens (primary N) is 1. The molecule has 1 amide bonds. The van der Waals surface area contributed by atoms with Gasteiger partial charge in [0.25, 0.3) is 5.91 Å². The van der Waals surface area contributed by atoms with E-state index in [4.69, 9.17) is 27.4 Å². The van der Waals surface area contributed by atoms with Crippen LogP contribution in [-0.4, -0.2) is 42.4 Å². The Hall–Kier alpha value is -0.960. The molecule has 0 bridgehead atoms. The first-order chi connectivity index (χ1) is 10.6. The molecule has 0 aliphatic carbocycles. The number of nitrogen functional groups attached to an aromatic ring is 1. The van der Waals surface area contributed by atoms with E-state index in [0.717, 1.165) is 38.9 Å². The largest absolute Gasteiger partial charge is 0.384 e. The summed E-state index contributed by atoms with van der Waals surface area (Å²) in [6, 6.07) is 0. The Bertz CT molecular complexity index is 587. The van der Waals surface area contributed by atoms with Gasteiger partial charge < -0.3 is 25.1 Å². The van der Waals surface area contributed by atoms with E-state index in [1.54, 1.807) is 0 Å². The molecule has 2 atom stereocenters. The van der Waals surface area contributed by atoms with Gasteiger partial charge in [-0.05, 0) is 37.9 Å². The molecule has 3 N–H and O–H groups in total. The molecular formula is C14H21N3O3S2. The number of carbonyl (C=O) groups is 1. The number of carbonyl (C=O) groups excluding carboxylic acids is 1. The molecule has 0 unspecified atom stereocenters. The van der Waals surface area contributed by atoms with Crippen molar-refractivity contribution in [2.75, 3.05) is 25.5 Å². The number of aromatic nitrogens is 1. The van der Waals surface area contributed by atoms with Gasteiger partial charge in [-0.15, -0.1) is 0 Å². The summed E-state index contributed by atoms with van der Waals surface area (Å²) in [7, 11) is 0. The third-order valence-corrected chi connectivity index (χ3v) is 5.53. The van der Waals surface area contributed by atoms with Crippen LogP contribution in [0.4, 0.5) is 5.82 Å². The Morgan fingerprint density at radius 3 is 2.64 bits per heavy atom. The maximum absolute atomic E-state index is 12.3. The molecule has 3 rings (SSSR count). The third-order valence-electron chi connectivity index (χ3n) is 4.06. The van der Waals surface area contributed by atoms with Gasteiger partial charge in [-0.2, -0.15) is 0 Å². The number of rotatable bonds is 5. The summed E-state index contributed by atoms with van der Waals surface area (Å²) in [5.41, 5.74) is 6.13. The van der Waals surface area contributed by atoms with E-state index in [0.29, 0.717) is 27.7 Å². The average molecular weight is 343 g/mol. The zero-order valence-electron chi connectivity index (χ0n) is 12.4. The molecule has 2 saturated heterocycles. The fraction of sp³-hybridized carbons (Fsp3) is 0.714. The smallest absolute Gasteiger partial charge is 0.265 e. The minimum atomic E-state index is -0.171. The minimum absolute atomic E-state index is 0.118. The van der Waals surface area contributed by atoms with Crippen LogP contribution in [0.25, 0.3) is 0 Å². The molecule has 3 heterocycles. The number of amides is 1. The molecule has 0 saturated carbocycles.